The SMILES string of the molecule is COc1c(Br)cccc1N=C(Cl)C(F)(F)F. The van der Waals surface area contributed by atoms with E-state index in [1.54, 1.807) is 6.07 Å². The third-order valence-corrected chi connectivity index (χ3v) is 2.53. The maximum absolute atomic E-state index is 12.2. The van der Waals surface area contributed by atoms with Crippen LogP contribution in [0.1, 0.15) is 0 Å². The van der Waals surface area contributed by atoms with E-state index >= 15 is 0 Å². The fourth-order valence-electron chi connectivity index (χ4n) is 0.957. The summed E-state index contributed by atoms with van der Waals surface area (Å²) in [6, 6.07) is 4.53. The van der Waals surface area contributed by atoms with Gasteiger partial charge in [0.1, 0.15) is 5.69 Å². The smallest absolute Gasteiger partial charge is 0.444 e. The molecule has 0 aromatic heterocycles. The van der Waals surface area contributed by atoms with Crippen LogP contribution in [0.2, 0.25) is 0 Å². The molecule has 0 heterocycles. The second-order valence-electron chi connectivity index (χ2n) is 2.69. The molecule has 0 spiro atoms. The van der Waals surface area contributed by atoms with Crippen LogP contribution in [0.4, 0.5) is 18.9 Å². The van der Waals surface area contributed by atoms with E-state index in [-0.39, 0.29) is 11.4 Å². The molecule has 0 unspecified atom stereocenters. The van der Waals surface area contributed by atoms with Gasteiger partial charge in [0.2, 0.25) is 5.17 Å². The summed E-state index contributed by atoms with van der Waals surface area (Å²) < 4.78 is 41.9. The van der Waals surface area contributed by atoms with Crippen LogP contribution in [0.5, 0.6) is 5.75 Å². The van der Waals surface area contributed by atoms with Crippen molar-refractivity contribution in [3.8, 4) is 5.75 Å². The van der Waals surface area contributed by atoms with Gasteiger partial charge in [0.05, 0.1) is 11.6 Å². The van der Waals surface area contributed by atoms with Crippen molar-refractivity contribution in [2.45, 2.75) is 6.18 Å². The first-order chi connectivity index (χ1) is 7.36. The van der Waals surface area contributed by atoms with Crippen LogP contribution in [-0.2, 0) is 0 Å². The van der Waals surface area contributed by atoms with Crippen molar-refractivity contribution in [2.24, 2.45) is 4.99 Å². The Hall–Kier alpha value is -0.750. The number of ether oxygens (including phenoxy) is 1. The van der Waals surface area contributed by atoms with Gasteiger partial charge >= 0.3 is 6.18 Å². The number of benzene rings is 1. The predicted molar refractivity (Wildman–Crippen MR) is 59.7 cm³/mol. The van der Waals surface area contributed by atoms with Gasteiger partial charge < -0.3 is 4.74 Å². The maximum Gasteiger partial charge on any atom is 0.444 e. The van der Waals surface area contributed by atoms with E-state index in [1.165, 1.54) is 19.2 Å². The molecule has 2 nitrogen and oxygen atoms in total. The Morgan fingerprint density at radius 2 is 2.06 bits per heavy atom. The van der Waals surface area contributed by atoms with Crippen LogP contribution in [0, 0.1) is 0 Å². The van der Waals surface area contributed by atoms with Crippen molar-refractivity contribution in [3.63, 3.8) is 0 Å². The van der Waals surface area contributed by atoms with Gasteiger partial charge in [-0.15, -0.1) is 0 Å². The normalized spacial score (nSPS) is 12.8. The molecule has 0 N–H and O–H groups in total. The highest BCUT2D eigenvalue weighted by atomic mass is 79.9. The highest BCUT2D eigenvalue weighted by Gasteiger charge is 2.34. The maximum atomic E-state index is 12.2. The fourth-order valence-corrected chi connectivity index (χ4v) is 1.57. The number of para-hydroxylation sites is 1. The minimum absolute atomic E-state index is 0.0131. The Balaban J connectivity index is 3.20. The first kappa shape index (κ1) is 13.3. The van der Waals surface area contributed by atoms with Gasteiger partial charge in [-0.1, -0.05) is 17.7 Å². The Kier molecular flexibility index (Phi) is 4.21. The average Bonchev–Trinajstić information content (AvgIpc) is 2.16. The molecule has 0 saturated carbocycles. The molecule has 0 fully saturated rings. The summed E-state index contributed by atoms with van der Waals surface area (Å²) in [6.45, 7) is 0. The minimum Gasteiger partial charge on any atom is -0.493 e. The van der Waals surface area contributed by atoms with Crippen LogP contribution in [-0.4, -0.2) is 18.5 Å². The molecule has 0 saturated heterocycles. The summed E-state index contributed by atoms with van der Waals surface area (Å²) in [5, 5.41) is -1.44. The first-order valence-electron chi connectivity index (χ1n) is 4.00. The molecule has 0 amide bonds. The lowest BCUT2D eigenvalue weighted by Crippen LogP contribution is -2.16. The average molecular weight is 317 g/mol. The minimum atomic E-state index is -4.66. The van der Waals surface area contributed by atoms with Crippen molar-refractivity contribution in [3.05, 3.63) is 22.7 Å². The van der Waals surface area contributed by atoms with E-state index in [9.17, 15) is 13.2 Å². The third-order valence-electron chi connectivity index (χ3n) is 1.60. The number of alkyl halides is 3. The number of halogens is 5. The Bertz CT molecular complexity index is 420. The highest BCUT2D eigenvalue weighted by molar-refractivity contribution is 9.10. The molecule has 0 aliphatic heterocycles. The van der Waals surface area contributed by atoms with Crippen molar-refractivity contribution < 1.29 is 17.9 Å². The quantitative estimate of drug-likeness (QED) is 0.746. The van der Waals surface area contributed by atoms with Crippen LogP contribution >= 0.6 is 27.5 Å². The van der Waals surface area contributed by atoms with E-state index in [2.05, 4.69) is 20.9 Å². The fraction of sp³-hybridized carbons (Fsp3) is 0.222. The van der Waals surface area contributed by atoms with E-state index in [4.69, 9.17) is 16.3 Å². The summed E-state index contributed by atoms with van der Waals surface area (Å²) >= 11 is 8.16. The van der Waals surface area contributed by atoms with Crippen molar-refractivity contribution in [2.75, 3.05) is 7.11 Å². The molecule has 0 radical (unpaired) electrons. The molecule has 0 aliphatic carbocycles. The van der Waals surface area contributed by atoms with Gasteiger partial charge in [-0.05, 0) is 28.1 Å². The van der Waals surface area contributed by atoms with Gasteiger partial charge in [-0.2, -0.15) is 13.2 Å². The molecule has 0 aliphatic rings. The lowest BCUT2D eigenvalue weighted by Gasteiger charge is -2.08. The monoisotopic (exact) mass is 315 g/mol. The molecule has 7 heteroatoms. The van der Waals surface area contributed by atoms with Crippen LogP contribution in [0.25, 0.3) is 0 Å². The summed E-state index contributed by atoms with van der Waals surface area (Å²) in [6.07, 6.45) is -4.66. The second-order valence-corrected chi connectivity index (χ2v) is 3.90. The Morgan fingerprint density at radius 1 is 1.44 bits per heavy atom. The van der Waals surface area contributed by atoms with Crippen molar-refractivity contribution in [1.29, 1.82) is 0 Å². The molecule has 0 bridgehead atoms. The zero-order valence-corrected chi connectivity index (χ0v) is 10.3. The van der Waals surface area contributed by atoms with Gasteiger partial charge in [-0.3, -0.25) is 0 Å². The number of hydrogen-bond acceptors (Lipinski definition) is 2. The lowest BCUT2D eigenvalue weighted by atomic mass is 10.3. The molecular weight excluding hydrogens is 310 g/mol. The topological polar surface area (TPSA) is 21.6 Å². The summed E-state index contributed by atoms with van der Waals surface area (Å²) in [7, 11) is 1.33. The van der Waals surface area contributed by atoms with Crippen molar-refractivity contribution in [1.82, 2.24) is 0 Å². The van der Waals surface area contributed by atoms with Gasteiger partial charge in [0.15, 0.2) is 5.75 Å². The molecule has 0 atom stereocenters. The molecule has 1 aromatic carbocycles. The third kappa shape index (κ3) is 3.12. The zero-order valence-electron chi connectivity index (χ0n) is 7.98. The Morgan fingerprint density at radius 3 is 2.56 bits per heavy atom. The Labute approximate surface area is 103 Å². The van der Waals surface area contributed by atoms with E-state index in [0.717, 1.165) is 0 Å². The first-order valence-corrected chi connectivity index (χ1v) is 5.17. The van der Waals surface area contributed by atoms with Gasteiger partial charge in [0, 0.05) is 0 Å². The largest absolute Gasteiger partial charge is 0.493 e. The number of aliphatic imine (C=N–C) groups is 1. The summed E-state index contributed by atoms with van der Waals surface area (Å²) in [5.74, 6) is 0.199. The summed E-state index contributed by atoms with van der Waals surface area (Å²) in [5.41, 5.74) is 0.0131. The van der Waals surface area contributed by atoms with Gasteiger partial charge in [0.25, 0.3) is 0 Å². The van der Waals surface area contributed by atoms with Crippen molar-refractivity contribution >= 4 is 38.4 Å². The second kappa shape index (κ2) is 5.05. The molecule has 1 aromatic rings. The predicted octanol–water partition coefficient (Wildman–Crippen LogP) is 4.29. The zero-order chi connectivity index (χ0) is 12.3. The van der Waals surface area contributed by atoms with Gasteiger partial charge in [-0.25, -0.2) is 4.99 Å². The number of hydrogen-bond donors (Lipinski definition) is 0. The molecular formula is C9H6BrClF3NO. The van der Waals surface area contributed by atoms with E-state index < -0.39 is 11.3 Å². The van der Waals surface area contributed by atoms with Crippen LogP contribution < -0.4 is 4.74 Å². The molecule has 1 rings (SSSR count). The number of methoxy groups -OCH3 is 1. The standard InChI is InChI=1S/C9H6BrClF3NO/c1-16-7-5(10)3-2-4-6(7)15-8(11)9(12,13)14/h2-4H,1H3. The lowest BCUT2D eigenvalue weighted by molar-refractivity contribution is -0.0558. The molecule has 88 valence electrons. The number of nitrogens with zero attached hydrogens (tertiary/aromatic N) is 1. The highest BCUT2D eigenvalue weighted by Crippen LogP contribution is 2.36. The van der Waals surface area contributed by atoms with Crippen LogP contribution in [0.3, 0.4) is 0 Å². The number of rotatable bonds is 2. The van der Waals surface area contributed by atoms with E-state index in [0.29, 0.717) is 4.47 Å². The molecule has 16 heavy (non-hydrogen) atoms. The summed E-state index contributed by atoms with van der Waals surface area (Å²) in [4.78, 5) is 3.26. The van der Waals surface area contributed by atoms with Crippen LogP contribution in [0.15, 0.2) is 27.7 Å². The van der Waals surface area contributed by atoms with E-state index in [1.807, 2.05) is 0 Å².